The van der Waals surface area contributed by atoms with E-state index in [1.807, 2.05) is 0 Å². The summed E-state index contributed by atoms with van der Waals surface area (Å²) in [6.45, 7) is 0. The van der Waals surface area contributed by atoms with E-state index in [-0.39, 0.29) is 33.7 Å². The third-order valence-corrected chi connectivity index (χ3v) is 3.70. The number of non-ortho nitro benzene ring substituents is 1. The van der Waals surface area contributed by atoms with Gasteiger partial charge in [-0.25, -0.2) is 4.98 Å². The van der Waals surface area contributed by atoms with E-state index >= 15 is 0 Å². The summed E-state index contributed by atoms with van der Waals surface area (Å²) < 4.78 is 5.51. The number of nitrogens with zero attached hydrogens (tertiary/aromatic N) is 3. The van der Waals surface area contributed by atoms with E-state index in [0.717, 1.165) is 12.4 Å². The zero-order chi connectivity index (χ0) is 19.4. The Morgan fingerprint density at radius 1 is 1.19 bits per heavy atom. The van der Waals surface area contributed by atoms with Gasteiger partial charge in [-0.05, 0) is 30.3 Å². The van der Waals surface area contributed by atoms with Crippen molar-refractivity contribution in [1.29, 1.82) is 0 Å². The molecule has 3 rings (SSSR count). The van der Waals surface area contributed by atoms with Crippen molar-refractivity contribution in [3.05, 3.63) is 75.6 Å². The fourth-order valence-electron chi connectivity index (χ4n) is 2.08. The van der Waals surface area contributed by atoms with Gasteiger partial charge >= 0.3 is 0 Å². The number of phenolic OH excluding ortho intramolecular Hbond substituents is 1. The zero-order valence-corrected chi connectivity index (χ0v) is 14.3. The van der Waals surface area contributed by atoms with Crippen molar-refractivity contribution < 1.29 is 19.6 Å². The van der Waals surface area contributed by atoms with Crippen LogP contribution in [0.1, 0.15) is 10.4 Å². The number of carbonyl (C=O) groups is 1. The summed E-state index contributed by atoms with van der Waals surface area (Å²) in [6.07, 6.45) is 1.14. The van der Waals surface area contributed by atoms with Crippen LogP contribution in [0, 0.1) is 10.1 Å². The number of anilines is 1. The molecule has 0 saturated heterocycles. The average Bonchev–Trinajstić information content (AvgIpc) is 2.66. The number of aromatic nitrogens is 2. The van der Waals surface area contributed by atoms with E-state index in [1.165, 1.54) is 42.5 Å². The highest BCUT2D eigenvalue weighted by Crippen LogP contribution is 2.32. The Balaban J connectivity index is 1.81. The summed E-state index contributed by atoms with van der Waals surface area (Å²) in [6, 6.07) is 11.1. The van der Waals surface area contributed by atoms with Gasteiger partial charge in [0.15, 0.2) is 5.82 Å². The topological polar surface area (TPSA) is 127 Å². The maximum atomic E-state index is 12.3. The van der Waals surface area contributed by atoms with Gasteiger partial charge < -0.3 is 15.2 Å². The number of nitro groups is 1. The molecule has 1 amide bonds. The molecular weight excluding hydrogens is 376 g/mol. The van der Waals surface area contributed by atoms with E-state index < -0.39 is 10.8 Å². The summed E-state index contributed by atoms with van der Waals surface area (Å²) >= 11 is 6.18. The minimum atomic E-state index is -0.630. The van der Waals surface area contributed by atoms with Crippen LogP contribution < -0.4 is 10.1 Å². The Morgan fingerprint density at radius 3 is 2.63 bits per heavy atom. The number of aromatic hydroxyl groups is 1. The Labute approximate surface area is 157 Å². The van der Waals surface area contributed by atoms with Gasteiger partial charge in [-0.2, -0.15) is 4.98 Å². The zero-order valence-electron chi connectivity index (χ0n) is 13.5. The molecule has 1 aromatic heterocycles. The molecule has 0 spiro atoms. The van der Waals surface area contributed by atoms with Gasteiger partial charge in [0.05, 0.1) is 4.92 Å². The second-order valence-corrected chi connectivity index (χ2v) is 5.58. The van der Waals surface area contributed by atoms with Crippen LogP contribution in [0.5, 0.6) is 17.4 Å². The van der Waals surface area contributed by atoms with Crippen LogP contribution >= 0.6 is 11.6 Å². The molecule has 9 nitrogen and oxygen atoms in total. The molecule has 0 bridgehead atoms. The van der Waals surface area contributed by atoms with Crippen LogP contribution in [-0.4, -0.2) is 25.9 Å². The van der Waals surface area contributed by atoms with Crippen LogP contribution in [0.15, 0.2) is 54.9 Å². The Hall–Kier alpha value is -3.72. The monoisotopic (exact) mass is 386 g/mol. The first kappa shape index (κ1) is 18.1. The van der Waals surface area contributed by atoms with Gasteiger partial charge in [0.2, 0.25) is 5.88 Å². The fourth-order valence-corrected chi connectivity index (χ4v) is 2.26. The molecule has 0 aliphatic rings. The molecular formula is C17H11ClN4O5. The summed E-state index contributed by atoms with van der Waals surface area (Å²) in [7, 11) is 0. The van der Waals surface area contributed by atoms with E-state index in [1.54, 1.807) is 0 Å². The highest BCUT2D eigenvalue weighted by atomic mass is 35.5. The maximum absolute atomic E-state index is 12.3. The van der Waals surface area contributed by atoms with Crippen LogP contribution in [0.4, 0.5) is 11.5 Å². The molecule has 10 heteroatoms. The molecule has 0 saturated carbocycles. The number of ether oxygens (including phenoxy) is 1. The Kier molecular flexibility index (Phi) is 5.13. The smallest absolute Gasteiger partial charge is 0.270 e. The van der Waals surface area contributed by atoms with Crippen LogP contribution in [-0.2, 0) is 0 Å². The summed E-state index contributed by atoms with van der Waals surface area (Å²) in [4.78, 5) is 30.3. The van der Waals surface area contributed by atoms with Crippen molar-refractivity contribution in [1.82, 2.24) is 9.97 Å². The number of phenols is 1. The van der Waals surface area contributed by atoms with Crippen LogP contribution in [0.2, 0.25) is 5.02 Å². The van der Waals surface area contributed by atoms with E-state index in [0.29, 0.717) is 5.75 Å². The summed E-state index contributed by atoms with van der Waals surface area (Å²) in [5.74, 6) is -0.219. The lowest BCUT2D eigenvalue weighted by atomic mass is 10.2. The molecule has 3 aromatic rings. The number of halogens is 1. The number of carbonyl (C=O) groups excluding carboxylic acids is 1. The lowest BCUT2D eigenvalue weighted by Gasteiger charge is -2.10. The third kappa shape index (κ3) is 4.28. The largest absolute Gasteiger partial charge is 0.508 e. The molecule has 0 atom stereocenters. The normalized spacial score (nSPS) is 10.3. The van der Waals surface area contributed by atoms with Crippen molar-refractivity contribution >= 4 is 29.0 Å². The van der Waals surface area contributed by atoms with Crippen molar-refractivity contribution in [2.45, 2.75) is 0 Å². The Morgan fingerprint density at radius 2 is 1.93 bits per heavy atom. The highest BCUT2D eigenvalue weighted by Gasteiger charge is 2.16. The minimum absolute atomic E-state index is 0.00769. The standard InChI is InChI=1S/C17H11ClN4O5/c18-14-15(21-16(24)10-2-1-3-11(8-10)22(25)26)19-9-20-17(14)27-13-6-4-12(23)5-7-13/h1-9,23H,(H,19,20,21,24). The molecule has 2 aromatic carbocycles. The molecule has 0 aliphatic carbocycles. The fraction of sp³-hybridized carbons (Fsp3) is 0. The second kappa shape index (κ2) is 7.67. The maximum Gasteiger partial charge on any atom is 0.270 e. The molecule has 27 heavy (non-hydrogen) atoms. The number of rotatable bonds is 5. The number of hydrogen-bond donors (Lipinski definition) is 2. The lowest BCUT2D eigenvalue weighted by Crippen LogP contribution is -2.14. The molecule has 0 unspecified atom stereocenters. The molecule has 0 aliphatic heterocycles. The van der Waals surface area contributed by atoms with Crippen LogP contribution in [0.25, 0.3) is 0 Å². The van der Waals surface area contributed by atoms with Crippen molar-refractivity contribution in [2.24, 2.45) is 0 Å². The summed E-state index contributed by atoms with van der Waals surface area (Å²) in [5, 5.41) is 22.5. The van der Waals surface area contributed by atoms with Crippen molar-refractivity contribution in [3.63, 3.8) is 0 Å². The first-order chi connectivity index (χ1) is 12.9. The van der Waals surface area contributed by atoms with E-state index in [9.17, 15) is 20.0 Å². The Bertz CT molecular complexity index is 1010. The highest BCUT2D eigenvalue weighted by molar-refractivity contribution is 6.34. The SMILES string of the molecule is O=C(Nc1ncnc(Oc2ccc(O)cc2)c1Cl)c1cccc([N+](=O)[O-])c1. The number of amides is 1. The predicted molar refractivity (Wildman–Crippen MR) is 96.3 cm³/mol. The lowest BCUT2D eigenvalue weighted by molar-refractivity contribution is -0.384. The second-order valence-electron chi connectivity index (χ2n) is 5.20. The number of nitrogens with one attached hydrogen (secondary N) is 1. The quantitative estimate of drug-likeness (QED) is 0.504. The van der Waals surface area contributed by atoms with Crippen molar-refractivity contribution in [2.75, 3.05) is 5.32 Å². The van der Waals surface area contributed by atoms with Gasteiger partial charge in [-0.15, -0.1) is 0 Å². The molecule has 0 fully saturated rings. The first-order valence-corrected chi connectivity index (χ1v) is 7.85. The number of nitro benzene ring substituents is 1. The van der Waals surface area contributed by atoms with Crippen molar-refractivity contribution in [3.8, 4) is 17.4 Å². The molecule has 136 valence electrons. The molecule has 0 radical (unpaired) electrons. The van der Waals surface area contributed by atoms with E-state index in [4.69, 9.17) is 16.3 Å². The minimum Gasteiger partial charge on any atom is -0.508 e. The van der Waals surface area contributed by atoms with Gasteiger partial charge in [-0.3, -0.25) is 14.9 Å². The summed E-state index contributed by atoms with van der Waals surface area (Å²) in [5.41, 5.74) is -0.146. The van der Waals surface area contributed by atoms with Crippen LogP contribution in [0.3, 0.4) is 0 Å². The predicted octanol–water partition coefficient (Wildman–Crippen LogP) is 3.79. The first-order valence-electron chi connectivity index (χ1n) is 7.47. The average molecular weight is 387 g/mol. The van der Waals surface area contributed by atoms with E-state index in [2.05, 4.69) is 15.3 Å². The molecule has 1 heterocycles. The van der Waals surface area contributed by atoms with Gasteiger partial charge in [0.25, 0.3) is 11.6 Å². The van der Waals surface area contributed by atoms with Gasteiger partial charge in [0, 0.05) is 17.7 Å². The number of hydrogen-bond acceptors (Lipinski definition) is 7. The molecule has 2 N–H and O–H groups in total. The third-order valence-electron chi connectivity index (χ3n) is 3.36. The van der Waals surface area contributed by atoms with Gasteiger partial charge in [-0.1, -0.05) is 17.7 Å². The van der Waals surface area contributed by atoms with Gasteiger partial charge in [0.1, 0.15) is 22.8 Å². The number of benzene rings is 2.